The zero-order valence-corrected chi connectivity index (χ0v) is 13.4. The summed E-state index contributed by atoms with van der Waals surface area (Å²) in [6.45, 7) is 2.89. The Balaban J connectivity index is 2.39. The Morgan fingerprint density at radius 3 is 2.32 bits per heavy atom. The maximum atomic E-state index is 11.1. The largest absolute Gasteiger partial charge is 0.494 e. The number of nitrogens with zero attached hydrogens (tertiary/aromatic N) is 1. The van der Waals surface area contributed by atoms with Gasteiger partial charge in [0.25, 0.3) is 0 Å². The number of rotatable bonds is 11. The number of ether oxygens (including phenoxy) is 1. The van der Waals surface area contributed by atoms with Crippen LogP contribution in [-0.4, -0.2) is 30.5 Å². The van der Waals surface area contributed by atoms with Gasteiger partial charge in [-0.25, -0.2) is 4.79 Å². The molecule has 5 heteroatoms. The van der Waals surface area contributed by atoms with Gasteiger partial charge in [0.2, 0.25) is 0 Å². The van der Waals surface area contributed by atoms with E-state index >= 15 is 0 Å². The van der Waals surface area contributed by atoms with Crippen LogP contribution in [-0.2, 0) is 9.63 Å². The van der Waals surface area contributed by atoms with Crippen molar-refractivity contribution in [1.82, 2.24) is 0 Å². The average molecular weight is 307 g/mol. The molecule has 0 unspecified atom stereocenters. The van der Waals surface area contributed by atoms with Crippen LogP contribution in [0.1, 0.15) is 51.0 Å². The van der Waals surface area contributed by atoms with Crippen LogP contribution < -0.4 is 4.74 Å². The second kappa shape index (κ2) is 10.7. The summed E-state index contributed by atoms with van der Waals surface area (Å²) in [7, 11) is 1.32. The topological polar surface area (TPSA) is 68.1 Å². The molecular weight excluding hydrogens is 282 g/mol. The molecule has 1 rings (SSSR count). The lowest BCUT2D eigenvalue weighted by atomic mass is 10.1. The van der Waals surface area contributed by atoms with Gasteiger partial charge in [-0.15, -0.1) is 0 Å². The summed E-state index contributed by atoms with van der Waals surface area (Å²) in [5.74, 6) is -0.387. The number of carbonyl (C=O) groups is 1. The summed E-state index contributed by atoms with van der Waals surface area (Å²) in [6, 6.07) is 6.84. The van der Waals surface area contributed by atoms with Crippen LogP contribution in [0.3, 0.4) is 0 Å². The van der Waals surface area contributed by atoms with E-state index in [4.69, 9.17) is 9.84 Å². The van der Waals surface area contributed by atoms with E-state index in [9.17, 15) is 4.79 Å². The Morgan fingerprint density at radius 2 is 1.73 bits per heavy atom. The van der Waals surface area contributed by atoms with Crippen LogP contribution in [0.4, 0.5) is 0 Å². The summed E-state index contributed by atoms with van der Waals surface area (Å²) in [6.07, 6.45) is 7.33. The first-order valence-electron chi connectivity index (χ1n) is 7.76. The van der Waals surface area contributed by atoms with Crippen LogP contribution in [0.15, 0.2) is 29.4 Å². The van der Waals surface area contributed by atoms with Gasteiger partial charge in [0.1, 0.15) is 12.9 Å². The molecule has 0 aromatic heterocycles. The highest BCUT2D eigenvalue weighted by Crippen LogP contribution is 2.14. The minimum atomic E-state index is -1.12. The third-order valence-electron chi connectivity index (χ3n) is 3.28. The molecule has 1 aromatic rings. The molecule has 1 aromatic carbocycles. The molecule has 1 N–H and O–H groups in total. The van der Waals surface area contributed by atoms with Crippen LogP contribution in [0.2, 0.25) is 0 Å². The molecule has 0 saturated carbocycles. The Bertz CT molecular complexity index is 468. The third-order valence-corrected chi connectivity index (χ3v) is 3.28. The molecule has 0 saturated heterocycles. The molecule has 5 nitrogen and oxygen atoms in total. The number of carboxylic acids is 1. The van der Waals surface area contributed by atoms with Crippen LogP contribution in [0.5, 0.6) is 5.75 Å². The van der Waals surface area contributed by atoms with Crippen LogP contribution >= 0.6 is 0 Å². The lowest BCUT2D eigenvalue weighted by Crippen LogP contribution is -2.14. The van der Waals surface area contributed by atoms with E-state index < -0.39 is 5.97 Å². The fourth-order valence-electron chi connectivity index (χ4n) is 2.09. The van der Waals surface area contributed by atoms with Crippen LogP contribution in [0, 0.1) is 0 Å². The van der Waals surface area contributed by atoms with E-state index in [1.807, 2.05) is 0 Å². The van der Waals surface area contributed by atoms with Crippen LogP contribution in [0.25, 0.3) is 0 Å². The van der Waals surface area contributed by atoms with Gasteiger partial charge in [-0.1, -0.05) is 44.2 Å². The third kappa shape index (κ3) is 6.61. The quantitative estimate of drug-likeness (QED) is 0.383. The summed E-state index contributed by atoms with van der Waals surface area (Å²) in [4.78, 5) is 15.6. The first kappa shape index (κ1) is 18.0. The Kier molecular flexibility index (Phi) is 8.72. The number of hydrogen-bond acceptors (Lipinski definition) is 4. The van der Waals surface area contributed by atoms with Crippen molar-refractivity contribution in [3.8, 4) is 5.75 Å². The first-order valence-corrected chi connectivity index (χ1v) is 7.76. The van der Waals surface area contributed by atoms with Crippen molar-refractivity contribution in [3.05, 3.63) is 29.8 Å². The molecule has 0 heterocycles. The summed E-state index contributed by atoms with van der Waals surface area (Å²) in [5, 5.41) is 12.6. The van der Waals surface area contributed by atoms with Gasteiger partial charge in [-0.3, -0.25) is 0 Å². The predicted octanol–water partition coefficient (Wildman–Crippen LogP) is 3.86. The molecule has 0 radical (unpaired) electrons. The van der Waals surface area contributed by atoms with Crippen molar-refractivity contribution in [1.29, 1.82) is 0 Å². The monoisotopic (exact) mass is 307 g/mol. The maximum Gasteiger partial charge on any atom is 0.358 e. The summed E-state index contributed by atoms with van der Waals surface area (Å²) >= 11 is 0. The van der Waals surface area contributed by atoms with Gasteiger partial charge in [0.05, 0.1) is 6.61 Å². The van der Waals surface area contributed by atoms with Gasteiger partial charge in [0, 0.05) is 5.56 Å². The average Bonchev–Trinajstić information content (AvgIpc) is 2.52. The van der Waals surface area contributed by atoms with Crippen molar-refractivity contribution in [2.75, 3.05) is 13.7 Å². The van der Waals surface area contributed by atoms with Gasteiger partial charge in [0.15, 0.2) is 5.71 Å². The normalized spacial score (nSPS) is 11.3. The van der Waals surface area contributed by atoms with Gasteiger partial charge in [-0.2, -0.15) is 0 Å². The summed E-state index contributed by atoms with van der Waals surface area (Å²) < 4.78 is 5.65. The standard InChI is InChI=1S/C17H25NO4/c1-3-4-5-6-7-8-13-22-15-11-9-14(10-12-15)16(17(19)20)18-21-2/h9-12H,3-8,13H2,1-2H3,(H,19,20)/b18-16-. The van der Waals surface area contributed by atoms with Gasteiger partial charge < -0.3 is 14.7 Å². The fraction of sp³-hybridized carbons (Fsp3) is 0.529. The molecule has 0 amide bonds. The zero-order valence-electron chi connectivity index (χ0n) is 13.4. The van der Waals surface area contributed by atoms with E-state index in [-0.39, 0.29) is 5.71 Å². The predicted molar refractivity (Wildman–Crippen MR) is 86.5 cm³/mol. The molecule has 0 aliphatic heterocycles. The highest BCUT2D eigenvalue weighted by Gasteiger charge is 2.13. The zero-order chi connectivity index (χ0) is 16.2. The Morgan fingerprint density at radius 1 is 1.09 bits per heavy atom. The SMILES string of the molecule is CCCCCCCCOc1ccc(/C(=N/OC)C(=O)O)cc1. The molecule has 0 aliphatic rings. The fourth-order valence-corrected chi connectivity index (χ4v) is 2.09. The van der Waals surface area contributed by atoms with E-state index in [0.717, 1.165) is 12.2 Å². The molecular formula is C17H25NO4. The highest BCUT2D eigenvalue weighted by atomic mass is 16.6. The lowest BCUT2D eigenvalue weighted by molar-refractivity contribution is -0.129. The summed E-state index contributed by atoms with van der Waals surface area (Å²) in [5.41, 5.74) is 0.367. The number of unbranched alkanes of at least 4 members (excludes halogenated alkanes) is 5. The minimum Gasteiger partial charge on any atom is -0.494 e. The lowest BCUT2D eigenvalue weighted by Gasteiger charge is -2.07. The van der Waals surface area contributed by atoms with Crippen molar-refractivity contribution in [2.24, 2.45) is 5.16 Å². The van der Waals surface area contributed by atoms with Gasteiger partial charge in [-0.05, 0) is 30.7 Å². The number of oxime groups is 1. The van der Waals surface area contributed by atoms with Gasteiger partial charge >= 0.3 is 5.97 Å². The number of aliphatic carboxylic acids is 1. The minimum absolute atomic E-state index is 0.120. The molecule has 0 bridgehead atoms. The number of carboxylic acid groups (broad SMARTS) is 1. The van der Waals surface area contributed by atoms with E-state index in [1.54, 1.807) is 24.3 Å². The maximum absolute atomic E-state index is 11.1. The smallest absolute Gasteiger partial charge is 0.358 e. The molecule has 0 fully saturated rings. The Hall–Kier alpha value is -2.04. The Labute approximate surface area is 131 Å². The molecule has 0 atom stereocenters. The number of benzene rings is 1. The second-order valence-corrected chi connectivity index (χ2v) is 5.07. The van der Waals surface area contributed by atoms with Crippen molar-refractivity contribution in [2.45, 2.75) is 45.4 Å². The van der Waals surface area contributed by atoms with Crippen molar-refractivity contribution < 1.29 is 19.5 Å². The molecule has 0 aliphatic carbocycles. The molecule has 122 valence electrons. The van der Waals surface area contributed by atoms with E-state index in [0.29, 0.717) is 12.2 Å². The molecule has 0 spiro atoms. The van der Waals surface area contributed by atoms with Crippen molar-refractivity contribution >= 4 is 11.7 Å². The van der Waals surface area contributed by atoms with E-state index in [2.05, 4.69) is 16.9 Å². The highest BCUT2D eigenvalue weighted by molar-refractivity contribution is 6.42. The second-order valence-electron chi connectivity index (χ2n) is 5.07. The molecule has 22 heavy (non-hydrogen) atoms. The number of hydrogen-bond donors (Lipinski definition) is 1. The van der Waals surface area contributed by atoms with E-state index in [1.165, 1.54) is 39.2 Å². The van der Waals surface area contributed by atoms with Crippen molar-refractivity contribution in [3.63, 3.8) is 0 Å². The first-order chi connectivity index (χ1) is 10.7.